The number of hydrogen-bond acceptors (Lipinski definition) is 3. The number of benzene rings is 1. The van der Waals surface area contributed by atoms with Crippen molar-refractivity contribution in [3.63, 3.8) is 0 Å². The zero-order valence-electron chi connectivity index (χ0n) is 14.8. The maximum absolute atomic E-state index is 12.3. The van der Waals surface area contributed by atoms with Crippen molar-refractivity contribution in [2.45, 2.75) is 39.4 Å². The molecule has 0 aliphatic carbocycles. The van der Waals surface area contributed by atoms with E-state index < -0.39 is 0 Å². The maximum atomic E-state index is 12.3. The van der Waals surface area contributed by atoms with Crippen molar-refractivity contribution in [3.05, 3.63) is 72.1 Å². The summed E-state index contributed by atoms with van der Waals surface area (Å²) in [5.74, 6) is -0.113. The zero-order chi connectivity index (χ0) is 17.9. The highest BCUT2D eigenvalue weighted by Crippen LogP contribution is 2.13. The minimum atomic E-state index is -0.135. The van der Waals surface area contributed by atoms with Gasteiger partial charge in [-0.2, -0.15) is 5.10 Å². The molecule has 0 saturated carbocycles. The lowest BCUT2D eigenvalue weighted by atomic mass is 10.1. The topological polar surface area (TPSA) is 64.7 Å². The van der Waals surface area contributed by atoms with Crippen LogP contribution in [0.4, 0.5) is 0 Å². The predicted octanol–water partition coefficient (Wildman–Crippen LogP) is 2.81. The van der Waals surface area contributed by atoms with Crippen molar-refractivity contribution >= 4 is 5.91 Å². The molecule has 2 aromatic heterocycles. The Bertz CT molecular complexity index is 826. The van der Waals surface area contributed by atoms with E-state index in [0.29, 0.717) is 12.1 Å². The molecule has 1 aromatic carbocycles. The molecule has 6 heteroatoms. The molecule has 2 heterocycles. The minimum absolute atomic E-state index is 0.113. The third kappa shape index (κ3) is 4.35. The highest BCUT2D eigenvalue weighted by Gasteiger charge is 2.16. The summed E-state index contributed by atoms with van der Waals surface area (Å²) >= 11 is 0. The maximum Gasteiger partial charge on any atom is 0.254 e. The number of hydrogen-bond donors (Lipinski definition) is 1. The van der Waals surface area contributed by atoms with Crippen molar-refractivity contribution in [1.82, 2.24) is 24.6 Å². The van der Waals surface area contributed by atoms with Gasteiger partial charge in [0.15, 0.2) is 0 Å². The molecule has 0 aliphatic heterocycles. The number of nitrogens with zero attached hydrogens (tertiary/aromatic N) is 4. The number of nitrogens with one attached hydrogen (secondary N) is 1. The SMILES string of the molecule is CC(C)(C)n1cc(C(=O)NCc2ccc(Cn3ccnc3)cc2)cn1. The van der Waals surface area contributed by atoms with Gasteiger partial charge in [-0.05, 0) is 31.9 Å². The Labute approximate surface area is 147 Å². The number of imidazole rings is 1. The molecule has 0 spiro atoms. The van der Waals surface area contributed by atoms with Gasteiger partial charge in [0.25, 0.3) is 5.91 Å². The van der Waals surface area contributed by atoms with Crippen LogP contribution in [0.5, 0.6) is 0 Å². The van der Waals surface area contributed by atoms with E-state index in [9.17, 15) is 4.79 Å². The lowest BCUT2D eigenvalue weighted by molar-refractivity contribution is 0.0950. The Hall–Kier alpha value is -2.89. The van der Waals surface area contributed by atoms with Crippen LogP contribution >= 0.6 is 0 Å². The first-order valence-corrected chi connectivity index (χ1v) is 8.29. The lowest BCUT2D eigenvalue weighted by Gasteiger charge is -2.18. The van der Waals surface area contributed by atoms with E-state index in [-0.39, 0.29) is 11.4 Å². The van der Waals surface area contributed by atoms with E-state index in [1.165, 1.54) is 5.56 Å². The summed E-state index contributed by atoms with van der Waals surface area (Å²) in [6.07, 6.45) is 8.89. The van der Waals surface area contributed by atoms with E-state index in [4.69, 9.17) is 0 Å². The summed E-state index contributed by atoms with van der Waals surface area (Å²) in [6, 6.07) is 8.20. The van der Waals surface area contributed by atoms with Crippen LogP contribution in [-0.4, -0.2) is 25.2 Å². The number of carbonyl (C=O) groups is 1. The molecular formula is C19H23N5O. The summed E-state index contributed by atoms with van der Waals surface area (Å²) in [5, 5.41) is 7.20. The molecule has 1 N–H and O–H groups in total. The fraction of sp³-hybridized carbons (Fsp3) is 0.316. The summed E-state index contributed by atoms with van der Waals surface area (Å²) < 4.78 is 3.82. The second-order valence-corrected chi connectivity index (χ2v) is 7.08. The van der Waals surface area contributed by atoms with Gasteiger partial charge < -0.3 is 9.88 Å². The lowest BCUT2D eigenvalue weighted by Crippen LogP contribution is -2.24. The average Bonchev–Trinajstić information content (AvgIpc) is 3.25. The zero-order valence-corrected chi connectivity index (χ0v) is 14.8. The molecule has 0 bridgehead atoms. The smallest absolute Gasteiger partial charge is 0.254 e. The normalized spacial score (nSPS) is 11.5. The Morgan fingerprint density at radius 1 is 1.16 bits per heavy atom. The summed E-state index contributed by atoms with van der Waals surface area (Å²) in [7, 11) is 0. The van der Waals surface area contributed by atoms with Gasteiger partial charge in [0, 0.05) is 31.7 Å². The Morgan fingerprint density at radius 3 is 2.48 bits per heavy atom. The van der Waals surface area contributed by atoms with E-state index in [1.807, 2.05) is 43.7 Å². The van der Waals surface area contributed by atoms with E-state index in [1.54, 1.807) is 29.6 Å². The van der Waals surface area contributed by atoms with Crippen molar-refractivity contribution < 1.29 is 4.79 Å². The number of rotatable bonds is 5. The van der Waals surface area contributed by atoms with Crippen molar-refractivity contribution in [2.24, 2.45) is 0 Å². The van der Waals surface area contributed by atoms with Crippen LogP contribution in [0.25, 0.3) is 0 Å². The predicted molar refractivity (Wildman–Crippen MR) is 96.2 cm³/mol. The van der Waals surface area contributed by atoms with Gasteiger partial charge in [-0.25, -0.2) is 4.98 Å². The van der Waals surface area contributed by atoms with Gasteiger partial charge >= 0.3 is 0 Å². The van der Waals surface area contributed by atoms with Crippen molar-refractivity contribution in [2.75, 3.05) is 0 Å². The Morgan fingerprint density at radius 2 is 1.88 bits per heavy atom. The quantitative estimate of drug-likeness (QED) is 0.778. The molecule has 6 nitrogen and oxygen atoms in total. The minimum Gasteiger partial charge on any atom is -0.348 e. The second kappa shape index (κ2) is 6.93. The molecule has 0 unspecified atom stereocenters. The van der Waals surface area contributed by atoms with Gasteiger partial charge in [0.1, 0.15) is 0 Å². The van der Waals surface area contributed by atoms with Crippen LogP contribution in [-0.2, 0) is 18.6 Å². The molecule has 0 saturated heterocycles. The fourth-order valence-electron chi connectivity index (χ4n) is 2.44. The van der Waals surface area contributed by atoms with Gasteiger partial charge in [-0.1, -0.05) is 24.3 Å². The van der Waals surface area contributed by atoms with E-state index in [2.05, 4.69) is 27.5 Å². The third-order valence-corrected chi connectivity index (χ3v) is 3.93. The highest BCUT2D eigenvalue weighted by atomic mass is 16.1. The number of amides is 1. The van der Waals surface area contributed by atoms with E-state index in [0.717, 1.165) is 12.1 Å². The monoisotopic (exact) mass is 337 g/mol. The number of carbonyl (C=O) groups excluding carboxylic acids is 1. The van der Waals surface area contributed by atoms with Crippen molar-refractivity contribution in [1.29, 1.82) is 0 Å². The van der Waals surface area contributed by atoms with Gasteiger partial charge in [-0.3, -0.25) is 9.48 Å². The van der Waals surface area contributed by atoms with Gasteiger partial charge in [0.2, 0.25) is 0 Å². The Balaban J connectivity index is 1.56. The first-order chi connectivity index (χ1) is 11.9. The van der Waals surface area contributed by atoms with Gasteiger partial charge in [-0.15, -0.1) is 0 Å². The summed E-state index contributed by atoms with van der Waals surface area (Å²) in [5.41, 5.74) is 2.70. The van der Waals surface area contributed by atoms with E-state index >= 15 is 0 Å². The third-order valence-electron chi connectivity index (χ3n) is 3.93. The second-order valence-electron chi connectivity index (χ2n) is 7.08. The number of aromatic nitrogens is 4. The Kier molecular flexibility index (Phi) is 4.70. The average molecular weight is 337 g/mol. The molecule has 1 amide bonds. The van der Waals surface area contributed by atoms with Gasteiger partial charge in [0.05, 0.1) is 23.6 Å². The van der Waals surface area contributed by atoms with Crippen LogP contribution in [0.15, 0.2) is 55.4 Å². The molecule has 25 heavy (non-hydrogen) atoms. The van der Waals surface area contributed by atoms with Crippen LogP contribution in [0, 0.1) is 0 Å². The molecule has 0 fully saturated rings. The molecular weight excluding hydrogens is 314 g/mol. The van der Waals surface area contributed by atoms with Crippen LogP contribution in [0.1, 0.15) is 42.3 Å². The summed E-state index contributed by atoms with van der Waals surface area (Å²) in [6.45, 7) is 7.43. The summed E-state index contributed by atoms with van der Waals surface area (Å²) in [4.78, 5) is 16.3. The first-order valence-electron chi connectivity index (χ1n) is 8.29. The molecule has 0 aliphatic rings. The largest absolute Gasteiger partial charge is 0.348 e. The first kappa shape index (κ1) is 17.0. The van der Waals surface area contributed by atoms with Crippen molar-refractivity contribution in [3.8, 4) is 0 Å². The van der Waals surface area contributed by atoms with Crippen LogP contribution < -0.4 is 5.32 Å². The standard InChI is InChI=1S/C19H23N5O/c1-19(2,3)24-13-17(11-22-24)18(25)21-10-15-4-6-16(7-5-15)12-23-9-8-20-14-23/h4-9,11,13-14H,10,12H2,1-3H3,(H,21,25). The fourth-order valence-corrected chi connectivity index (χ4v) is 2.44. The molecule has 0 atom stereocenters. The molecule has 3 aromatic rings. The molecule has 3 rings (SSSR count). The van der Waals surface area contributed by atoms with Crippen LogP contribution in [0.2, 0.25) is 0 Å². The molecule has 0 radical (unpaired) electrons. The molecule has 130 valence electrons. The highest BCUT2D eigenvalue weighted by molar-refractivity contribution is 5.93. The van der Waals surface area contributed by atoms with Crippen LogP contribution in [0.3, 0.4) is 0 Å².